The van der Waals surface area contributed by atoms with Gasteiger partial charge in [0.2, 0.25) is 0 Å². The number of ketones is 1. The van der Waals surface area contributed by atoms with Crippen molar-refractivity contribution in [3.63, 3.8) is 0 Å². The first-order chi connectivity index (χ1) is 10.7. The molecule has 1 aromatic rings. The van der Waals surface area contributed by atoms with Gasteiger partial charge in [-0.1, -0.05) is 29.7 Å². The van der Waals surface area contributed by atoms with Crippen LogP contribution in [0.2, 0.25) is 0 Å². The summed E-state index contributed by atoms with van der Waals surface area (Å²) in [6.45, 7) is 6.71. The van der Waals surface area contributed by atoms with E-state index in [-0.39, 0.29) is 17.8 Å². The van der Waals surface area contributed by atoms with Gasteiger partial charge in [0.25, 0.3) is 0 Å². The Balaban J connectivity index is 1.84. The predicted molar refractivity (Wildman–Crippen MR) is 91.1 cm³/mol. The van der Waals surface area contributed by atoms with Crippen LogP contribution in [0.3, 0.4) is 0 Å². The molecule has 5 heteroatoms. The number of rotatable bonds is 3. The molecule has 122 valence electrons. The van der Waals surface area contributed by atoms with E-state index < -0.39 is 5.60 Å². The number of hydrogen-bond donors (Lipinski definition) is 0. The number of likely N-dealkylation sites (tertiary alicyclic amines) is 1. The Morgan fingerprint density at radius 3 is 2.48 bits per heavy atom. The lowest BCUT2D eigenvalue weighted by molar-refractivity contribution is -0.123. The highest BCUT2D eigenvalue weighted by molar-refractivity contribution is 6.32. The van der Waals surface area contributed by atoms with Gasteiger partial charge in [0.05, 0.1) is 0 Å². The van der Waals surface area contributed by atoms with Crippen molar-refractivity contribution in [3.05, 3.63) is 29.8 Å². The Labute approximate surface area is 139 Å². The Bertz CT molecular complexity index is 572. The molecule has 0 spiro atoms. The molecule has 0 aliphatic carbocycles. The van der Waals surface area contributed by atoms with E-state index in [4.69, 9.17) is 12.6 Å². The zero-order chi connectivity index (χ0) is 17.0. The van der Waals surface area contributed by atoms with Crippen LogP contribution in [0.15, 0.2) is 24.3 Å². The summed E-state index contributed by atoms with van der Waals surface area (Å²) in [5, 5.41) is 0. The fourth-order valence-electron chi connectivity index (χ4n) is 2.76. The second-order valence-corrected chi connectivity index (χ2v) is 7.13. The highest BCUT2D eigenvalue weighted by atomic mass is 16.6. The number of nitrogens with zero attached hydrogens (tertiary/aromatic N) is 1. The first-order valence-electron chi connectivity index (χ1n) is 8.09. The Morgan fingerprint density at radius 1 is 1.26 bits per heavy atom. The van der Waals surface area contributed by atoms with Crippen LogP contribution in [-0.4, -0.2) is 43.3 Å². The maximum Gasteiger partial charge on any atom is 0.410 e. The number of ether oxygens (including phenoxy) is 1. The molecule has 0 atom stereocenters. The molecule has 1 aliphatic rings. The van der Waals surface area contributed by atoms with Crippen LogP contribution in [0, 0.1) is 5.92 Å². The number of Topliss-reactive ketones (excluding diaryl/α,β-unsaturated/α-hetero) is 1. The minimum absolute atomic E-state index is 0.00937. The van der Waals surface area contributed by atoms with E-state index in [0.29, 0.717) is 37.8 Å². The van der Waals surface area contributed by atoms with Crippen molar-refractivity contribution < 1.29 is 14.3 Å². The van der Waals surface area contributed by atoms with E-state index >= 15 is 0 Å². The van der Waals surface area contributed by atoms with Crippen LogP contribution >= 0.6 is 0 Å². The van der Waals surface area contributed by atoms with Crippen LogP contribution in [-0.2, 0) is 16.0 Å². The SMILES string of the molecule is [B]c1cccc(CC(=O)C2CCN(C(=O)OC(C)(C)C)CC2)c1. The number of carbonyl (C=O) groups is 2. The van der Waals surface area contributed by atoms with Crippen molar-refractivity contribution in [3.8, 4) is 0 Å². The fraction of sp³-hybridized carbons (Fsp3) is 0.556. The van der Waals surface area contributed by atoms with Gasteiger partial charge in [0.15, 0.2) is 0 Å². The van der Waals surface area contributed by atoms with Crippen molar-refractivity contribution in [1.29, 1.82) is 0 Å². The summed E-state index contributed by atoms with van der Waals surface area (Å²) in [6, 6.07) is 7.44. The van der Waals surface area contributed by atoms with Gasteiger partial charge >= 0.3 is 6.09 Å². The van der Waals surface area contributed by atoms with Crippen molar-refractivity contribution >= 4 is 25.2 Å². The van der Waals surface area contributed by atoms with Gasteiger partial charge in [-0.05, 0) is 39.2 Å². The molecule has 4 nitrogen and oxygen atoms in total. The third-order valence-corrected chi connectivity index (χ3v) is 3.93. The summed E-state index contributed by atoms with van der Waals surface area (Å²) >= 11 is 0. The van der Waals surface area contributed by atoms with Crippen LogP contribution in [0.1, 0.15) is 39.2 Å². The quantitative estimate of drug-likeness (QED) is 0.804. The molecule has 1 aliphatic heterocycles. The number of piperidine rings is 1. The first-order valence-corrected chi connectivity index (χ1v) is 8.09. The third-order valence-electron chi connectivity index (χ3n) is 3.93. The standard InChI is InChI=1S/C18H24BNO3/c1-18(2,3)23-17(22)20-9-7-14(8-10-20)16(21)12-13-5-4-6-15(19)11-13/h4-6,11,14H,7-10,12H2,1-3H3. The minimum atomic E-state index is -0.489. The lowest BCUT2D eigenvalue weighted by Crippen LogP contribution is -2.43. The molecule has 1 fully saturated rings. The maximum atomic E-state index is 12.4. The monoisotopic (exact) mass is 313 g/mol. The average molecular weight is 313 g/mol. The highest BCUT2D eigenvalue weighted by Crippen LogP contribution is 2.21. The van der Waals surface area contributed by atoms with Gasteiger partial charge in [0.1, 0.15) is 19.2 Å². The minimum Gasteiger partial charge on any atom is -0.444 e. The molecular weight excluding hydrogens is 289 g/mol. The van der Waals surface area contributed by atoms with Crippen LogP contribution in [0.4, 0.5) is 4.79 Å². The van der Waals surface area contributed by atoms with E-state index in [2.05, 4.69) is 0 Å². The average Bonchev–Trinajstić information content (AvgIpc) is 2.45. The molecule has 23 heavy (non-hydrogen) atoms. The van der Waals surface area contributed by atoms with Gasteiger partial charge in [-0.3, -0.25) is 4.79 Å². The number of amides is 1. The lowest BCUT2D eigenvalue weighted by atomic mass is 9.87. The molecule has 1 aromatic carbocycles. The van der Waals surface area contributed by atoms with E-state index in [1.807, 2.05) is 45.0 Å². The second-order valence-electron chi connectivity index (χ2n) is 7.13. The molecule has 2 rings (SSSR count). The summed E-state index contributed by atoms with van der Waals surface area (Å²) in [5.74, 6) is 0.231. The van der Waals surface area contributed by atoms with Crippen LogP contribution in [0.25, 0.3) is 0 Å². The highest BCUT2D eigenvalue weighted by Gasteiger charge is 2.29. The molecule has 1 saturated heterocycles. The second kappa shape index (κ2) is 7.20. The number of benzene rings is 1. The predicted octanol–water partition coefficient (Wildman–Crippen LogP) is 2.24. The summed E-state index contributed by atoms with van der Waals surface area (Å²) < 4.78 is 5.37. The maximum absolute atomic E-state index is 12.4. The van der Waals surface area contributed by atoms with Crippen molar-refractivity contribution in [2.24, 2.45) is 5.92 Å². The van der Waals surface area contributed by atoms with E-state index in [1.165, 1.54) is 0 Å². The molecule has 0 N–H and O–H groups in total. The molecular formula is C18H24BNO3. The van der Waals surface area contributed by atoms with E-state index in [0.717, 1.165) is 5.56 Å². The molecule has 1 amide bonds. The molecule has 1 heterocycles. The van der Waals surface area contributed by atoms with Crippen LogP contribution in [0.5, 0.6) is 0 Å². The lowest BCUT2D eigenvalue weighted by Gasteiger charge is -2.33. The molecule has 0 unspecified atom stereocenters. The summed E-state index contributed by atoms with van der Waals surface area (Å²) in [7, 11) is 5.75. The van der Waals surface area contributed by atoms with Crippen molar-refractivity contribution in [2.45, 2.75) is 45.6 Å². The smallest absolute Gasteiger partial charge is 0.410 e. The van der Waals surface area contributed by atoms with Crippen molar-refractivity contribution in [1.82, 2.24) is 4.90 Å². The number of hydrogen-bond acceptors (Lipinski definition) is 3. The zero-order valence-corrected chi connectivity index (χ0v) is 14.2. The molecule has 0 aromatic heterocycles. The summed E-state index contributed by atoms with van der Waals surface area (Å²) in [5.41, 5.74) is 1.14. The zero-order valence-electron chi connectivity index (χ0n) is 14.2. The van der Waals surface area contributed by atoms with E-state index in [1.54, 1.807) is 4.90 Å². The molecule has 0 bridgehead atoms. The summed E-state index contributed by atoms with van der Waals surface area (Å²) in [4.78, 5) is 26.1. The Morgan fingerprint density at radius 2 is 1.91 bits per heavy atom. The third kappa shape index (κ3) is 5.41. The fourth-order valence-corrected chi connectivity index (χ4v) is 2.76. The van der Waals surface area contributed by atoms with Gasteiger partial charge in [0, 0.05) is 25.4 Å². The molecule has 2 radical (unpaired) electrons. The van der Waals surface area contributed by atoms with E-state index in [9.17, 15) is 9.59 Å². The molecule has 0 saturated carbocycles. The van der Waals surface area contributed by atoms with Gasteiger partial charge in [-0.25, -0.2) is 4.79 Å². The van der Waals surface area contributed by atoms with Gasteiger partial charge in [-0.15, -0.1) is 0 Å². The normalized spacial score (nSPS) is 16.2. The van der Waals surface area contributed by atoms with Crippen LogP contribution < -0.4 is 5.46 Å². The largest absolute Gasteiger partial charge is 0.444 e. The summed E-state index contributed by atoms with van der Waals surface area (Å²) in [6.07, 6.45) is 1.50. The van der Waals surface area contributed by atoms with Gasteiger partial charge < -0.3 is 9.64 Å². The Hall–Kier alpha value is -1.78. The number of carbonyl (C=O) groups excluding carboxylic acids is 2. The van der Waals surface area contributed by atoms with Gasteiger partial charge in [-0.2, -0.15) is 0 Å². The van der Waals surface area contributed by atoms with Crippen molar-refractivity contribution in [2.75, 3.05) is 13.1 Å². The topological polar surface area (TPSA) is 46.6 Å². The first kappa shape index (κ1) is 17.6. The Kier molecular flexibility index (Phi) is 5.50.